The molecule has 2 rings (SSSR count). The molecular formula is C15H13O. The van der Waals surface area contributed by atoms with Crippen molar-refractivity contribution < 1.29 is 4.79 Å². The van der Waals surface area contributed by atoms with E-state index < -0.39 is 0 Å². The van der Waals surface area contributed by atoms with Gasteiger partial charge in [-0.15, -0.1) is 0 Å². The number of benzene rings is 2. The molecule has 0 spiro atoms. The van der Waals surface area contributed by atoms with Gasteiger partial charge in [0.25, 0.3) is 0 Å². The van der Waals surface area contributed by atoms with Crippen LogP contribution in [0.4, 0.5) is 0 Å². The van der Waals surface area contributed by atoms with Crippen molar-refractivity contribution >= 4 is 6.29 Å². The molecule has 0 bridgehead atoms. The summed E-state index contributed by atoms with van der Waals surface area (Å²) in [5, 5.41) is 0. The maximum atomic E-state index is 10.4. The van der Waals surface area contributed by atoms with Gasteiger partial charge in [-0.25, -0.2) is 0 Å². The first-order chi connectivity index (χ1) is 7.83. The minimum absolute atomic E-state index is 0.592. The van der Waals surface area contributed by atoms with Crippen molar-refractivity contribution in [2.75, 3.05) is 0 Å². The van der Waals surface area contributed by atoms with E-state index in [9.17, 15) is 4.79 Å². The number of hydrogen-bond acceptors (Lipinski definition) is 1. The van der Waals surface area contributed by atoms with Crippen LogP contribution in [0.5, 0.6) is 0 Å². The molecule has 1 radical (unpaired) electrons. The van der Waals surface area contributed by atoms with Crippen LogP contribution in [-0.4, -0.2) is 6.29 Å². The van der Waals surface area contributed by atoms with E-state index >= 15 is 0 Å². The average Bonchev–Trinajstić information content (AvgIpc) is 2.39. The molecule has 1 nitrogen and oxygen atoms in total. The summed E-state index contributed by atoms with van der Waals surface area (Å²) in [7, 11) is 0. The highest BCUT2D eigenvalue weighted by Gasteiger charge is 1.98. The number of hydrogen-bond donors (Lipinski definition) is 0. The zero-order valence-electron chi connectivity index (χ0n) is 9.23. The van der Waals surface area contributed by atoms with Crippen molar-refractivity contribution in [3.05, 3.63) is 59.7 Å². The molecule has 2 aromatic rings. The van der Waals surface area contributed by atoms with E-state index in [4.69, 9.17) is 0 Å². The van der Waals surface area contributed by atoms with E-state index in [0.29, 0.717) is 5.56 Å². The van der Waals surface area contributed by atoms with E-state index in [1.54, 1.807) is 12.1 Å². The Balaban J connectivity index is 2.31. The molecule has 79 valence electrons. The lowest BCUT2D eigenvalue weighted by molar-refractivity contribution is 0.563. The van der Waals surface area contributed by atoms with Crippen LogP contribution in [0.2, 0.25) is 0 Å². The van der Waals surface area contributed by atoms with Gasteiger partial charge in [0.15, 0.2) is 0 Å². The van der Waals surface area contributed by atoms with Crippen LogP contribution in [0.25, 0.3) is 11.1 Å². The Bertz CT molecular complexity index is 466. The number of aryl methyl sites for hydroxylation is 1. The summed E-state index contributed by atoms with van der Waals surface area (Å²) in [5.41, 5.74) is 4.23. The molecule has 0 atom stereocenters. The molecule has 0 fully saturated rings. The third-order valence-electron chi connectivity index (χ3n) is 2.70. The SMILES string of the molecule is CCc1ccc(-c2ccc([C]=O)cc2)cc1. The molecule has 0 aliphatic rings. The Labute approximate surface area is 95.7 Å². The monoisotopic (exact) mass is 209 g/mol. The Morgan fingerprint density at radius 2 is 1.38 bits per heavy atom. The molecule has 0 N–H and O–H groups in total. The van der Waals surface area contributed by atoms with Crippen molar-refractivity contribution in [2.45, 2.75) is 13.3 Å². The highest BCUT2D eigenvalue weighted by molar-refractivity contribution is 5.77. The molecule has 0 aromatic heterocycles. The van der Waals surface area contributed by atoms with Crippen molar-refractivity contribution in [3.63, 3.8) is 0 Å². The summed E-state index contributed by atoms with van der Waals surface area (Å²) in [5.74, 6) is 0. The molecule has 2 aromatic carbocycles. The second-order valence-electron chi connectivity index (χ2n) is 3.73. The molecule has 0 heterocycles. The zero-order chi connectivity index (χ0) is 11.4. The Morgan fingerprint density at radius 1 is 0.875 bits per heavy atom. The molecule has 0 unspecified atom stereocenters. The molecule has 1 heteroatoms. The minimum Gasteiger partial charge on any atom is -0.285 e. The second kappa shape index (κ2) is 4.75. The first-order valence-electron chi connectivity index (χ1n) is 5.41. The highest BCUT2D eigenvalue weighted by atomic mass is 16.1. The van der Waals surface area contributed by atoms with Crippen LogP contribution in [-0.2, 0) is 11.2 Å². The van der Waals surface area contributed by atoms with Gasteiger partial charge < -0.3 is 0 Å². The second-order valence-corrected chi connectivity index (χ2v) is 3.73. The van der Waals surface area contributed by atoms with E-state index in [2.05, 4.69) is 31.2 Å². The molecule has 16 heavy (non-hydrogen) atoms. The molecule has 0 amide bonds. The lowest BCUT2D eigenvalue weighted by atomic mass is 10.0. The van der Waals surface area contributed by atoms with Gasteiger partial charge in [0, 0.05) is 5.56 Å². The Hall–Kier alpha value is -1.89. The maximum Gasteiger partial charge on any atom is 0.233 e. The van der Waals surface area contributed by atoms with Crippen LogP contribution in [0, 0.1) is 0 Å². The smallest absolute Gasteiger partial charge is 0.233 e. The fraction of sp³-hybridized carbons (Fsp3) is 0.133. The predicted molar refractivity (Wildman–Crippen MR) is 66.1 cm³/mol. The highest BCUT2D eigenvalue weighted by Crippen LogP contribution is 2.20. The summed E-state index contributed by atoms with van der Waals surface area (Å²) in [6.45, 7) is 2.14. The van der Waals surface area contributed by atoms with E-state index in [-0.39, 0.29) is 0 Å². The summed E-state index contributed by atoms with van der Waals surface area (Å²) in [6.07, 6.45) is 2.93. The van der Waals surface area contributed by atoms with Crippen molar-refractivity contribution in [2.24, 2.45) is 0 Å². The predicted octanol–water partition coefficient (Wildman–Crippen LogP) is 3.37. The third-order valence-corrected chi connectivity index (χ3v) is 2.70. The first kappa shape index (κ1) is 10.6. The van der Waals surface area contributed by atoms with Crippen LogP contribution >= 0.6 is 0 Å². The van der Waals surface area contributed by atoms with Crippen LogP contribution in [0.3, 0.4) is 0 Å². The van der Waals surface area contributed by atoms with Gasteiger partial charge in [-0.05, 0) is 23.1 Å². The van der Waals surface area contributed by atoms with Gasteiger partial charge in [0.05, 0.1) is 0 Å². The average molecular weight is 209 g/mol. The maximum absolute atomic E-state index is 10.4. The van der Waals surface area contributed by atoms with E-state index in [1.165, 1.54) is 11.1 Å². The molecule has 0 aliphatic heterocycles. The largest absolute Gasteiger partial charge is 0.285 e. The van der Waals surface area contributed by atoms with E-state index in [0.717, 1.165) is 12.0 Å². The van der Waals surface area contributed by atoms with Crippen molar-refractivity contribution in [1.82, 2.24) is 0 Å². The van der Waals surface area contributed by atoms with Gasteiger partial charge in [-0.1, -0.05) is 55.5 Å². The van der Waals surface area contributed by atoms with Crippen LogP contribution in [0.15, 0.2) is 48.5 Å². The van der Waals surface area contributed by atoms with E-state index in [1.807, 2.05) is 18.4 Å². The van der Waals surface area contributed by atoms with Crippen molar-refractivity contribution in [1.29, 1.82) is 0 Å². The summed E-state index contributed by atoms with van der Waals surface area (Å²) in [4.78, 5) is 10.4. The van der Waals surface area contributed by atoms with Gasteiger partial charge in [-0.2, -0.15) is 0 Å². The summed E-state index contributed by atoms with van der Waals surface area (Å²) < 4.78 is 0. The van der Waals surface area contributed by atoms with Gasteiger partial charge in [-0.3, -0.25) is 4.79 Å². The van der Waals surface area contributed by atoms with Gasteiger partial charge >= 0.3 is 0 Å². The zero-order valence-corrected chi connectivity index (χ0v) is 9.23. The first-order valence-corrected chi connectivity index (χ1v) is 5.41. The standard InChI is InChI=1S/C15H13O/c1-2-12-3-7-14(8-4-12)15-9-5-13(11-16)6-10-15/h3-10H,2H2,1H3. The third kappa shape index (κ3) is 2.19. The minimum atomic E-state index is 0.592. The summed E-state index contributed by atoms with van der Waals surface area (Å²) >= 11 is 0. The lowest BCUT2D eigenvalue weighted by Crippen LogP contribution is -1.83. The molecule has 0 saturated carbocycles. The fourth-order valence-corrected chi connectivity index (χ4v) is 1.66. The van der Waals surface area contributed by atoms with Gasteiger partial charge in [0.2, 0.25) is 6.29 Å². The Kier molecular flexibility index (Phi) is 3.16. The van der Waals surface area contributed by atoms with Crippen LogP contribution in [0.1, 0.15) is 18.1 Å². The topological polar surface area (TPSA) is 17.1 Å². The molecular weight excluding hydrogens is 196 g/mol. The fourth-order valence-electron chi connectivity index (χ4n) is 1.66. The van der Waals surface area contributed by atoms with Crippen LogP contribution < -0.4 is 0 Å². The Morgan fingerprint density at radius 3 is 1.81 bits per heavy atom. The number of carbonyl (C=O) groups excluding carboxylic acids is 1. The molecule has 0 aliphatic carbocycles. The summed E-state index contributed by atoms with van der Waals surface area (Å²) in [6, 6.07) is 16.0. The normalized spacial score (nSPS) is 10.1. The van der Waals surface area contributed by atoms with Gasteiger partial charge in [0.1, 0.15) is 0 Å². The van der Waals surface area contributed by atoms with Crippen molar-refractivity contribution in [3.8, 4) is 11.1 Å². The quantitative estimate of drug-likeness (QED) is 0.757. The number of rotatable bonds is 3. The molecule has 0 saturated heterocycles. The lowest BCUT2D eigenvalue weighted by Gasteiger charge is -2.03.